The van der Waals surface area contributed by atoms with Gasteiger partial charge in [0.25, 0.3) is 5.91 Å². The van der Waals surface area contributed by atoms with Gasteiger partial charge in [0.2, 0.25) is 5.75 Å². The van der Waals surface area contributed by atoms with Crippen molar-refractivity contribution in [2.45, 2.75) is 27.3 Å². The molecule has 0 aliphatic heterocycles. The molecule has 6 heteroatoms. The first kappa shape index (κ1) is 21.0. The molecule has 0 fully saturated rings. The molecule has 154 valence electrons. The van der Waals surface area contributed by atoms with Gasteiger partial charge in [0, 0.05) is 23.9 Å². The Morgan fingerprint density at radius 3 is 2.21 bits per heavy atom. The predicted octanol–water partition coefficient (Wildman–Crippen LogP) is 5.37. The minimum absolute atomic E-state index is 0.0924. The van der Waals surface area contributed by atoms with Crippen LogP contribution in [0.1, 0.15) is 36.7 Å². The molecular weight excluding hydrogens is 386 g/mol. The van der Waals surface area contributed by atoms with E-state index in [-0.39, 0.29) is 5.91 Å². The zero-order chi connectivity index (χ0) is 20.8. The van der Waals surface area contributed by atoms with Gasteiger partial charge in [0.15, 0.2) is 11.5 Å². The van der Waals surface area contributed by atoms with E-state index in [1.165, 1.54) is 10.1 Å². The van der Waals surface area contributed by atoms with Crippen LogP contribution in [0.25, 0.3) is 10.1 Å². The summed E-state index contributed by atoms with van der Waals surface area (Å²) in [6.07, 6.45) is 0. The number of nitrogens with zero attached hydrogens (tertiary/aromatic N) is 1. The minimum Gasteiger partial charge on any atom is -0.490 e. The number of rotatable bonds is 9. The van der Waals surface area contributed by atoms with Gasteiger partial charge in [-0.2, -0.15) is 0 Å². The Balaban J connectivity index is 1.90. The molecule has 0 saturated carbocycles. The van der Waals surface area contributed by atoms with Crippen molar-refractivity contribution in [3.63, 3.8) is 0 Å². The summed E-state index contributed by atoms with van der Waals surface area (Å²) in [4.78, 5) is 14.9. The second-order valence-electron chi connectivity index (χ2n) is 6.52. The average Bonchev–Trinajstić information content (AvgIpc) is 3.13. The molecular formula is C23H27NO4S. The third kappa shape index (κ3) is 4.65. The van der Waals surface area contributed by atoms with Gasteiger partial charge in [0.1, 0.15) is 0 Å². The van der Waals surface area contributed by atoms with Crippen molar-refractivity contribution >= 4 is 27.3 Å². The Hall–Kier alpha value is -2.73. The van der Waals surface area contributed by atoms with Crippen LogP contribution in [0.3, 0.4) is 0 Å². The number of carbonyl (C=O) groups is 1. The smallest absolute Gasteiger partial charge is 0.254 e. The SMILES string of the molecule is CCOc1cc(C(=O)N(C)Cc2csc3ccccc23)cc(OCC)c1OCC. The van der Waals surface area contributed by atoms with Crippen LogP contribution in [0.2, 0.25) is 0 Å². The van der Waals surface area contributed by atoms with Gasteiger partial charge >= 0.3 is 0 Å². The molecule has 0 saturated heterocycles. The average molecular weight is 414 g/mol. The van der Waals surface area contributed by atoms with Crippen LogP contribution in [0, 0.1) is 0 Å². The van der Waals surface area contributed by atoms with E-state index >= 15 is 0 Å². The van der Waals surface area contributed by atoms with E-state index in [1.54, 1.807) is 28.4 Å². The molecule has 3 rings (SSSR count). The molecule has 1 heterocycles. The van der Waals surface area contributed by atoms with E-state index in [1.807, 2.05) is 40.0 Å². The number of fused-ring (bicyclic) bond motifs is 1. The molecule has 0 radical (unpaired) electrons. The first-order valence-corrected chi connectivity index (χ1v) is 10.7. The molecule has 0 N–H and O–H groups in total. The molecule has 1 aromatic heterocycles. The fraction of sp³-hybridized carbons (Fsp3) is 0.348. The zero-order valence-corrected chi connectivity index (χ0v) is 18.2. The van der Waals surface area contributed by atoms with Crippen molar-refractivity contribution in [1.82, 2.24) is 4.90 Å². The van der Waals surface area contributed by atoms with E-state index in [4.69, 9.17) is 14.2 Å². The lowest BCUT2D eigenvalue weighted by atomic mass is 10.1. The lowest BCUT2D eigenvalue weighted by molar-refractivity contribution is 0.0784. The summed E-state index contributed by atoms with van der Waals surface area (Å²) in [6, 6.07) is 11.7. The summed E-state index contributed by atoms with van der Waals surface area (Å²) in [5.41, 5.74) is 1.66. The van der Waals surface area contributed by atoms with E-state index in [9.17, 15) is 4.79 Å². The highest BCUT2D eigenvalue weighted by Gasteiger charge is 2.21. The predicted molar refractivity (Wildman–Crippen MR) is 118 cm³/mol. The number of benzene rings is 2. The first-order valence-electron chi connectivity index (χ1n) is 9.85. The fourth-order valence-electron chi connectivity index (χ4n) is 3.22. The summed E-state index contributed by atoms with van der Waals surface area (Å²) in [5, 5.41) is 3.30. The van der Waals surface area contributed by atoms with E-state index in [2.05, 4.69) is 17.5 Å². The van der Waals surface area contributed by atoms with Crippen LogP contribution in [-0.2, 0) is 6.54 Å². The molecule has 3 aromatic rings. The zero-order valence-electron chi connectivity index (χ0n) is 17.4. The number of thiophene rings is 1. The lowest BCUT2D eigenvalue weighted by Gasteiger charge is -2.20. The van der Waals surface area contributed by atoms with Crippen LogP contribution >= 0.6 is 11.3 Å². The van der Waals surface area contributed by atoms with Crippen LogP contribution in [0.4, 0.5) is 0 Å². The molecule has 1 amide bonds. The number of hydrogen-bond acceptors (Lipinski definition) is 5. The van der Waals surface area contributed by atoms with Crippen LogP contribution < -0.4 is 14.2 Å². The van der Waals surface area contributed by atoms with Crippen LogP contribution in [0.15, 0.2) is 41.8 Å². The number of hydrogen-bond donors (Lipinski definition) is 0. The summed E-state index contributed by atoms with van der Waals surface area (Å²) in [6.45, 7) is 7.67. The highest BCUT2D eigenvalue weighted by Crippen LogP contribution is 2.39. The number of ether oxygens (including phenoxy) is 3. The standard InChI is InChI=1S/C23H27NO4S/c1-5-26-19-12-16(13-20(27-6-2)22(19)28-7-3)23(25)24(4)14-17-15-29-21-11-9-8-10-18(17)21/h8-13,15H,5-7,14H2,1-4H3. The molecule has 0 spiro atoms. The van der Waals surface area contributed by atoms with E-state index in [0.29, 0.717) is 49.2 Å². The fourth-order valence-corrected chi connectivity index (χ4v) is 4.17. The molecule has 29 heavy (non-hydrogen) atoms. The molecule has 5 nitrogen and oxygen atoms in total. The quantitative estimate of drug-likeness (QED) is 0.473. The summed E-state index contributed by atoms with van der Waals surface area (Å²) < 4.78 is 18.4. The highest BCUT2D eigenvalue weighted by molar-refractivity contribution is 7.17. The third-order valence-corrected chi connectivity index (χ3v) is 5.48. The Kier molecular flexibility index (Phi) is 6.99. The monoisotopic (exact) mass is 413 g/mol. The number of amides is 1. The Morgan fingerprint density at radius 1 is 0.966 bits per heavy atom. The molecule has 0 aliphatic carbocycles. The second-order valence-corrected chi connectivity index (χ2v) is 7.43. The van der Waals surface area contributed by atoms with Crippen molar-refractivity contribution in [3.8, 4) is 17.2 Å². The molecule has 0 unspecified atom stereocenters. The van der Waals surface area contributed by atoms with E-state index < -0.39 is 0 Å². The normalized spacial score (nSPS) is 10.8. The third-order valence-electron chi connectivity index (χ3n) is 4.47. The second kappa shape index (κ2) is 9.65. The van der Waals surface area contributed by atoms with Crippen molar-refractivity contribution in [1.29, 1.82) is 0 Å². The highest BCUT2D eigenvalue weighted by atomic mass is 32.1. The Labute approximate surface area is 175 Å². The maximum absolute atomic E-state index is 13.2. The minimum atomic E-state index is -0.0924. The van der Waals surface area contributed by atoms with Crippen LogP contribution in [0.5, 0.6) is 17.2 Å². The lowest BCUT2D eigenvalue weighted by Crippen LogP contribution is -2.26. The van der Waals surface area contributed by atoms with Gasteiger partial charge in [-0.15, -0.1) is 11.3 Å². The van der Waals surface area contributed by atoms with Gasteiger partial charge in [-0.1, -0.05) is 18.2 Å². The molecule has 2 aromatic carbocycles. The largest absolute Gasteiger partial charge is 0.490 e. The van der Waals surface area contributed by atoms with E-state index in [0.717, 1.165) is 5.56 Å². The summed E-state index contributed by atoms with van der Waals surface area (Å²) in [5.74, 6) is 1.50. The van der Waals surface area contributed by atoms with Crippen molar-refractivity contribution < 1.29 is 19.0 Å². The molecule has 0 aliphatic rings. The van der Waals surface area contributed by atoms with Gasteiger partial charge in [-0.3, -0.25) is 4.79 Å². The Bertz CT molecular complexity index is 955. The van der Waals surface area contributed by atoms with Gasteiger partial charge in [0.05, 0.1) is 19.8 Å². The topological polar surface area (TPSA) is 48.0 Å². The van der Waals surface area contributed by atoms with Crippen molar-refractivity contribution in [2.24, 2.45) is 0 Å². The van der Waals surface area contributed by atoms with Gasteiger partial charge in [-0.25, -0.2) is 0 Å². The van der Waals surface area contributed by atoms with Crippen molar-refractivity contribution in [2.75, 3.05) is 26.9 Å². The van der Waals surface area contributed by atoms with Gasteiger partial charge in [-0.05, 0) is 55.3 Å². The first-order chi connectivity index (χ1) is 14.1. The van der Waals surface area contributed by atoms with Crippen molar-refractivity contribution in [3.05, 3.63) is 52.9 Å². The molecule has 0 atom stereocenters. The molecule has 0 bridgehead atoms. The van der Waals surface area contributed by atoms with Crippen LogP contribution in [-0.4, -0.2) is 37.7 Å². The summed E-state index contributed by atoms with van der Waals surface area (Å²) in [7, 11) is 1.81. The van der Waals surface area contributed by atoms with Gasteiger partial charge < -0.3 is 19.1 Å². The maximum atomic E-state index is 13.2. The number of carbonyl (C=O) groups excluding carboxylic acids is 1. The summed E-state index contributed by atoms with van der Waals surface area (Å²) >= 11 is 1.69. The maximum Gasteiger partial charge on any atom is 0.254 e. The Morgan fingerprint density at radius 2 is 1.59 bits per heavy atom.